The maximum atomic E-state index is 12.1. The van der Waals surface area contributed by atoms with Crippen LogP contribution in [0.4, 0.5) is 5.69 Å². The number of nitrogens with one attached hydrogen (secondary N) is 1. The molecule has 0 aliphatic heterocycles. The van der Waals surface area contributed by atoms with Crippen molar-refractivity contribution in [2.45, 2.75) is 33.6 Å². The summed E-state index contributed by atoms with van der Waals surface area (Å²) in [6.45, 7) is 7.84. The number of para-hydroxylation sites is 1. The first-order valence-electron chi connectivity index (χ1n) is 6.42. The number of rotatable bonds is 6. The van der Waals surface area contributed by atoms with Crippen molar-refractivity contribution in [3.05, 3.63) is 29.3 Å². The largest absolute Gasteiger partial charge is 0.283 e. The minimum absolute atomic E-state index is 0.0440. The molecule has 0 saturated carbocycles. The molecule has 1 unspecified atom stereocenters. The summed E-state index contributed by atoms with van der Waals surface area (Å²) in [7, 11) is -3.36. The van der Waals surface area contributed by atoms with Gasteiger partial charge in [0.15, 0.2) is 0 Å². The van der Waals surface area contributed by atoms with E-state index < -0.39 is 10.0 Å². The van der Waals surface area contributed by atoms with Crippen LogP contribution in [0.2, 0.25) is 0 Å². The van der Waals surface area contributed by atoms with E-state index in [9.17, 15) is 8.42 Å². The summed E-state index contributed by atoms with van der Waals surface area (Å²) in [5.74, 6) is 0.586. The van der Waals surface area contributed by atoms with Crippen molar-refractivity contribution in [1.82, 2.24) is 0 Å². The zero-order chi connectivity index (χ0) is 14.6. The Balaban J connectivity index is 3.05. The third kappa shape index (κ3) is 4.69. The second kappa shape index (κ2) is 6.62. The summed E-state index contributed by atoms with van der Waals surface area (Å²) in [4.78, 5) is 0. The second-order valence-electron chi connectivity index (χ2n) is 5.34. The topological polar surface area (TPSA) is 46.2 Å². The molecule has 1 aromatic carbocycles. The van der Waals surface area contributed by atoms with Gasteiger partial charge >= 0.3 is 0 Å². The smallest absolute Gasteiger partial charge is 0.233 e. The minimum Gasteiger partial charge on any atom is -0.283 e. The Hall–Kier alpha value is -0.740. The van der Waals surface area contributed by atoms with E-state index in [-0.39, 0.29) is 17.6 Å². The molecule has 0 aromatic heterocycles. The van der Waals surface area contributed by atoms with E-state index in [0.29, 0.717) is 11.6 Å². The van der Waals surface area contributed by atoms with Crippen LogP contribution in [0.5, 0.6) is 0 Å². The molecule has 19 heavy (non-hydrogen) atoms. The maximum Gasteiger partial charge on any atom is 0.233 e. The number of anilines is 1. The van der Waals surface area contributed by atoms with E-state index in [1.165, 1.54) is 0 Å². The Morgan fingerprint density at radius 2 is 1.89 bits per heavy atom. The Labute approximate surface area is 121 Å². The lowest BCUT2D eigenvalue weighted by Crippen LogP contribution is -2.23. The van der Waals surface area contributed by atoms with Gasteiger partial charge in [0.2, 0.25) is 10.0 Å². The Morgan fingerprint density at radius 3 is 2.42 bits per heavy atom. The van der Waals surface area contributed by atoms with Crippen molar-refractivity contribution in [2.75, 3.05) is 16.4 Å². The van der Waals surface area contributed by atoms with Gasteiger partial charge in [0.1, 0.15) is 0 Å². The third-order valence-corrected chi connectivity index (χ3v) is 5.00. The number of hydrogen-bond acceptors (Lipinski definition) is 2. The van der Waals surface area contributed by atoms with Crippen molar-refractivity contribution in [2.24, 2.45) is 5.92 Å². The van der Waals surface area contributed by atoms with Gasteiger partial charge in [0.05, 0.1) is 11.4 Å². The molecule has 0 aliphatic rings. The van der Waals surface area contributed by atoms with Crippen LogP contribution in [0.1, 0.15) is 37.8 Å². The highest BCUT2D eigenvalue weighted by Gasteiger charge is 2.18. The molecule has 1 aromatic rings. The van der Waals surface area contributed by atoms with Gasteiger partial charge in [-0.1, -0.05) is 39.0 Å². The van der Waals surface area contributed by atoms with Gasteiger partial charge < -0.3 is 0 Å². The zero-order valence-electron chi connectivity index (χ0n) is 11.9. The molecule has 0 heterocycles. The summed E-state index contributed by atoms with van der Waals surface area (Å²) < 4.78 is 27.0. The average Bonchev–Trinajstić information content (AvgIpc) is 2.30. The lowest BCUT2D eigenvalue weighted by Gasteiger charge is -2.18. The van der Waals surface area contributed by atoms with Gasteiger partial charge in [-0.25, -0.2) is 8.42 Å². The van der Waals surface area contributed by atoms with Crippen LogP contribution in [0, 0.1) is 12.8 Å². The Kier molecular flexibility index (Phi) is 5.68. The van der Waals surface area contributed by atoms with Crippen molar-refractivity contribution in [3.63, 3.8) is 0 Å². The Bertz CT molecular complexity index is 526. The van der Waals surface area contributed by atoms with Crippen LogP contribution in [0.15, 0.2) is 18.2 Å². The van der Waals surface area contributed by atoms with Crippen molar-refractivity contribution in [3.8, 4) is 0 Å². The number of sulfonamides is 1. The fourth-order valence-corrected chi connectivity index (χ4v) is 3.71. The molecule has 0 aliphatic carbocycles. The SMILES string of the molecule is Cc1cccc(C(C)C)c1NS(=O)(=O)CC(C)CCl. The van der Waals surface area contributed by atoms with Crippen molar-refractivity contribution < 1.29 is 8.42 Å². The highest BCUT2D eigenvalue weighted by atomic mass is 35.5. The molecule has 0 spiro atoms. The normalized spacial score (nSPS) is 13.6. The molecule has 0 bridgehead atoms. The lowest BCUT2D eigenvalue weighted by molar-refractivity contribution is 0.588. The molecular formula is C14H22ClNO2S. The molecule has 1 rings (SSSR count). The van der Waals surface area contributed by atoms with Gasteiger partial charge in [0, 0.05) is 5.88 Å². The van der Waals surface area contributed by atoms with E-state index in [1.54, 1.807) is 0 Å². The number of benzene rings is 1. The van der Waals surface area contributed by atoms with Gasteiger partial charge in [-0.3, -0.25) is 4.72 Å². The highest BCUT2D eigenvalue weighted by molar-refractivity contribution is 7.92. The molecule has 5 heteroatoms. The maximum absolute atomic E-state index is 12.1. The summed E-state index contributed by atoms with van der Waals surface area (Å²) in [5.41, 5.74) is 2.66. The molecule has 108 valence electrons. The molecule has 0 saturated heterocycles. The van der Waals surface area contributed by atoms with Crippen LogP contribution in [0.3, 0.4) is 0 Å². The van der Waals surface area contributed by atoms with Crippen molar-refractivity contribution in [1.29, 1.82) is 0 Å². The minimum atomic E-state index is -3.36. The molecule has 3 nitrogen and oxygen atoms in total. The first-order chi connectivity index (χ1) is 8.76. The predicted octanol–water partition coefficient (Wildman–Crippen LogP) is 3.74. The molecule has 1 N–H and O–H groups in total. The number of aryl methyl sites for hydroxylation is 1. The first-order valence-corrected chi connectivity index (χ1v) is 8.61. The molecule has 0 amide bonds. The third-order valence-electron chi connectivity index (χ3n) is 2.95. The van der Waals surface area contributed by atoms with Crippen LogP contribution in [-0.4, -0.2) is 20.1 Å². The molecule has 1 atom stereocenters. The standard InChI is InChI=1S/C14H22ClNO2S/c1-10(2)13-7-5-6-12(4)14(13)16-19(17,18)9-11(3)8-15/h5-7,10-11,16H,8-9H2,1-4H3. The molecule has 0 fully saturated rings. The van der Waals surface area contributed by atoms with Crippen molar-refractivity contribution >= 4 is 27.3 Å². The van der Waals surface area contributed by atoms with Crippen LogP contribution in [-0.2, 0) is 10.0 Å². The van der Waals surface area contributed by atoms with Gasteiger partial charge in [-0.15, -0.1) is 11.6 Å². The van der Waals surface area contributed by atoms with Gasteiger partial charge in [0.25, 0.3) is 0 Å². The lowest BCUT2D eigenvalue weighted by atomic mass is 9.99. The van der Waals surface area contributed by atoms with Crippen LogP contribution < -0.4 is 4.72 Å². The second-order valence-corrected chi connectivity index (χ2v) is 7.41. The number of halogens is 1. The average molecular weight is 304 g/mol. The van der Waals surface area contributed by atoms with E-state index in [1.807, 2.05) is 45.9 Å². The fourth-order valence-electron chi connectivity index (χ4n) is 1.93. The van der Waals surface area contributed by atoms with Gasteiger partial charge in [-0.2, -0.15) is 0 Å². The first kappa shape index (κ1) is 16.3. The predicted molar refractivity (Wildman–Crippen MR) is 82.6 cm³/mol. The fraction of sp³-hybridized carbons (Fsp3) is 0.571. The Morgan fingerprint density at radius 1 is 1.26 bits per heavy atom. The van der Waals surface area contributed by atoms with E-state index in [0.717, 1.165) is 11.1 Å². The zero-order valence-corrected chi connectivity index (χ0v) is 13.5. The van der Waals surface area contributed by atoms with Gasteiger partial charge in [-0.05, 0) is 29.9 Å². The monoisotopic (exact) mass is 303 g/mol. The summed E-state index contributed by atoms with van der Waals surface area (Å²) >= 11 is 5.68. The quantitative estimate of drug-likeness (QED) is 0.814. The molecule has 0 radical (unpaired) electrons. The summed E-state index contributed by atoms with van der Waals surface area (Å²) in [6, 6.07) is 5.82. The number of alkyl halides is 1. The van der Waals surface area contributed by atoms with E-state index >= 15 is 0 Å². The van der Waals surface area contributed by atoms with Crippen LogP contribution >= 0.6 is 11.6 Å². The summed E-state index contributed by atoms with van der Waals surface area (Å²) in [5, 5.41) is 0. The van der Waals surface area contributed by atoms with E-state index in [4.69, 9.17) is 11.6 Å². The number of hydrogen-bond donors (Lipinski definition) is 1. The van der Waals surface area contributed by atoms with Crippen LogP contribution in [0.25, 0.3) is 0 Å². The van der Waals surface area contributed by atoms with E-state index in [2.05, 4.69) is 4.72 Å². The summed E-state index contributed by atoms with van der Waals surface area (Å²) in [6.07, 6.45) is 0. The highest BCUT2D eigenvalue weighted by Crippen LogP contribution is 2.28. The molecular weight excluding hydrogens is 282 g/mol.